The molecule has 0 bridgehead atoms. The van der Waals surface area contributed by atoms with Gasteiger partial charge in [-0.25, -0.2) is 0 Å². The number of halogens is 1. The fourth-order valence-electron chi connectivity index (χ4n) is 2.25. The first-order chi connectivity index (χ1) is 5.78. The molecule has 0 radical (unpaired) electrons. The molecule has 1 atom stereocenters. The molecule has 0 aliphatic heterocycles. The van der Waals surface area contributed by atoms with Crippen molar-refractivity contribution < 1.29 is 0 Å². The Morgan fingerprint density at radius 1 is 1.67 bits per heavy atom. The molecule has 1 unspecified atom stereocenters. The summed E-state index contributed by atoms with van der Waals surface area (Å²) < 4.78 is 1.21. The molecule has 1 spiro atoms. The maximum atomic E-state index is 3.92. The third kappa shape index (κ3) is 1.61. The van der Waals surface area contributed by atoms with E-state index in [9.17, 15) is 0 Å². The molecule has 1 heteroatoms. The summed E-state index contributed by atoms with van der Waals surface area (Å²) in [5, 5.41) is 0. The van der Waals surface area contributed by atoms with Gasteiger partial charge >= 0.3 is 0 Å². The summed E-state index contributed by atoms with van der Waals surface area (Å²) in [6.07, 6.45) is 10.2. The van der Waals surface area contributed by atoms with Crippen molar-refractivity contribution in [3.05, 3.63) is 24.3 Å². The molecular weight excluding hydrogens is 259 g/mol. The highest BCUT2D eigenvalue weighted by Gasteiger charge is 2.43. The highest BCUT2D eigenvalue weighted by Crippen LogP contribution is 2.56. The van der Waals surface area contributed by atoms with Crippen LogP contribution in [0.2, 0.25) is 0 Å². The monoisotopic (exact) mass is 274 g/mol. The second kappa shape index (κ2) is 3.17. The minimum absolute atomic E-state index is 0.637. The van der Waals surface area contributed by atoms with Crippen molar-refractivity contribution >= 4 is 22.6 Å². The fourth-order valence-corrected chi connectivity index (χ4v) is 2.78. The van der Waals surface area contributed by atoms with Gasteiger partial charge in [-0.2, -0.15) is 0 Å². The van der Waals surface area contributed by atoms with E-state index >= 15 is 0 Å². The molecule has 2 rings (SSSR count). The zero-order chi connectivity index (χ0) is 8.60. The van der Waals surface area contributed by atoms with Crippen LogP contribution in [0, 0.1) is 11.3 Å². The molecule has 0 heterocycles. The van der Waals surface area contributed by atoms with Crippen LogP contribution < -0.4 is 0 Å². The van der Waals surface area contributed by atoms with Crippen LogP contribution in [0.1, 0.15) is 25.7 Å². The third-order valence-corrected chi connectivity index (χ3v) is 4.08. The average molecular weight is 274 g/mol. The van der Waals surface area contributed by atoms with E-state index in [1.165, 1.54) is 30.1 Å². The van der Waals surface area contributed by atoms with Crippen molar-refractivity contribution in [2.75, 3.05) is 4.43 Å². The maximum Gasteiger partial charge on any atom is 0.0206 e. The molecule has 0 aromatic rings. The lowest BCUT2D eigenvalue weighted by atomic mass is 9.81. The van der Waals surface area contributed by atoms with Crippen molar-refractivity contribution in [1.82, 2.24) is 0 Å². The van der Waals surface area contributed by atoms with Crippen molar-refractivity contribution in [3.8, 4) is 0 Å². The van der Waals surface area contributed by atoms with Gasteiger partial charge < -0.3 is 0 Å². The number of alkyl halides is 1. The van der Waals surface area contributed by atoms with Gasteiger partial charge in [-0.3, -0.25) is 0 Å². The molecule has 66 valence electrons. The predicted molar refractivity (Wildman–Crippen MR) is 61.6 cm³/mol. The van der Waals surface area contributed by atoms with E-state index in [-0.39, 0.29) is 0 Å². The molecule has 1 fully saturated rings. The number of hydrogen-bond donors (Lipinski definition) is 0. The van der Waals surface area contributed by atoms with E-state index in [0.29, 0.717) is 5.41 Å². The molecule has 2 aliphatic carbocycles. The highest BCUT2D eigenvalue weighted by molar-refractivity contribution is 14.1. The van der Waals surface area contributed by atoms with Crippen molar-refractivity contribution in [1.29, 1.82) is 0 Å². The Balaban J connectivity index is 2.15. The topological polar surface area (TPSA) is 0 Å². The molecule has 1 saturated carbocycles. The smallest absolute Gasteiger partial charge is 0.0206 e. The minimum atomic E-state index is 0.637. The van der Waals surface area contributed by atoms with E-state index in [0.717, 1.165) is 5.92 Å². The number of hydrogen-bond acceptors (Lipinski definition) is 0. The van der Waals surface area contributed by atoms with Crippen molar-refractivity contribution in [2.24, 2.45) is 11.3 Å². The minimum Gasteiger partial charge on any atom is -0.103 e. The molecular formula is C11H15I. The molecule has 0 nitrogen and oxygen atoms in total. The Hall–Kier alpha value is 0.210. The zero-order valence-corrected chi connectivity index (χ0v) is 9.51. The van der Waals surface area contributed by atoms with E-state index in [1.54, 1.807) is 5.57 Å². The third-order valence-electron chi connectivity index (χ3n) is 3.10. The van der Waals surface area contributed by atoms with E-state index in [1.807, 2.05) is 0 Å². The summed E-state index contributed by atoms with van der Waals surface area (Å²) in [5.74, 6) is 0.766. The molecule has 0 saturated heterocycles. The van der Waals surface area contributed by atoms with Gasteiger partial charge in [0.2, 0.25) is 0 Å². The Morgan fingerprint density at radius 2 is 2.42 bits per heavy atom. The molecule has 0 N–H and O–H groups in total. The first-order valence-electron chi connectivity index (χ1n) is 4.67. The van der Waals surface area contributed by atoms with Gasteiger partial charge in [0.15, 0.2) is 0 Å². The van der Waals surface area contributed by atoms with Crippen LogP contribution in [0.5, 0.6) is 0 Å². The van der Waals surface area contributed by atoms with E-state index < -0.39 is 0 Å². The molecule has 0 aromatic carbocycles. The Morgan fingerprint density at radius 3 is 2.92 bits per heavy atom. The van der Waals surface area contributed by atoms with Gasteiger partial charge in [-0.05, 0) is 37.0 Å². The lowest BCUT2D eigenvalue weighted by Crippen LogP contribution is -2.14. The lowest BCUT2D eigenvalue weighted by Gasteiger charge is -2.25. The summed E-state index contributed by atoms with van der Waals surface area (Å²) in [5.41, 5.74) is 2.29. The summed E-state index contributed by atoms with van der Waals surface area (Å²) >= 11 is 2.47. The lowest BCUT2D eigenvalue weighted by molar-refractivity contribution is 0.436. The van der Waals surface area contributed by atoms with Gasteiger partial charge in [0.05, 0.1) is 0 Å². The summed E-state index contributed by atoms with van der Waals surface area (Å²) in [6.45, 7) is 3.92. The van der Waals surface area contributed by atoms with Gasteiger partial charge in [-0.15, -0.1) is 6.58 Å². The Kier molecular flexibility index (Phi) is 2.32. The van der Waals surface area contributed by atoms with Crippen LogP contribution in [-0.4, -0.2) is 4.43 Å². The quantitative estimate of drug-likeness (QED) is 0.409. The van der Waals surface area contributed by atoms with E-state index in [2.05, 4.69) is 41.3 Å². The number of allylic oxidation sites excluding steroid dienone is 3. The Bertz CT molecular complexity index is 223. The van der Waals surface area contributed by atoms with Gasteiger partial charge in [0.1, 0.15) is 0 Å². The summed E-state index contributed by atoms with van der Waals surface area (Å²) in [6, 6.07) is 0. The van der Waals surface area contributed by atoms with Crippen LogP contribution in [-0.2, 0) is 0 Å². The van der Waals surface area contributed by atoms with Crippen LogP contribution in [0.4, 0.5) is 0 Å². The Labute approximate surface area is 88.3 Å². The molecule has 2 aliphatic rings. The zero-order valence-electron chi connectivity index (χ0n) is 7.35. The van der Waals surface area contributed by atoms with Gasteiger partial charge in [0.25, 0.3) is 0 Å². The van der Waals surface area contributed by atoms with E-state index in [4.69, 9.17) is 0 Å². The van der Waals surface area contributed by atoms with Crippen LogP contribution in [0.3, 0.4) is 0 Å². The van der Waals surface area contributed by atoms with Crippen LogP contribution in [0.25, 0.3) is 0 Å². The van der Waals surface area contributed by atoms with Crippen LogP contribution >= 0.6 is 22.6 Å². The second-order valence-corrected chi connectivity index (χ2v) is 4.97. The van der Waals surface area contributed by atoms with Crippen molar-refractivity contribution in [3.63, 3.8) is 0 Å². The predicted octanol–water partition coefficient (Wildman–Crippen LogP) is 3.72. The molecule has 12 heavy (non-hydrogen) atoms. The second-order valence-electron chi connectivity index (χ2n) is 4.20. The summed E-state index contributed by atoms with van der Waals surface area (Å²) in [4.78, 5) is 0. The first-order valence-corrected chi connectivity index (χ1v) is 6.20. The fraction of sp³-hybridized carbons (Fsp3) is 0.636. The van der Waals surface area contributed by atoms with Gasteiger partial charge in [-0.1, -0.05) is 40.3 Å². The summed E-state index contributed by atoms with van der Waals surface area (Å²) in [7, 11) is 0. The average Bonchev–Trinajstić information content (AvgIpc) is 2.83. The normalized spacial score (nSPS) is 31.4. The standard InChI is InChI=1S/C11H15I/c1-2-9-5-10(8-12)7-11(6-9)3-4-11/h2,7,9H,1,3-6,8H2. The SMILES string of the molecule is C=CC1CC(CI)=CC2(CC2)C1. The number of rotatable bonds is 2. The highest BCUT2D eigenvalue weighted by atomic mass is 127. The maximum absolute atomic E-state index is 3.92. The largest absolute Gasteiger partial charge is 0.103 e. The first kappa shape index (κ1) is 8.79. The van der Waals surface area contributed by atoms with Gasteiger partial charge in [0, 0.05) is 4.43 Å². The van der Waals surface area contributed by atoms with Crippen LogP contribution in [0.15, 0.2) is 24.3 Å². The molecule has 0 aromatic heterocycles. The molecule has 0 amide bonds. The van der Waals surface area contributed by atoms with Crippen molar-refractivity contribution in [2.45, 2.75) is 25.7 Å².